The van der Waals surface area contributed by atoms with Crippen LogP contribution < -0.4 is 5.32 Å². The maximum absolute atomic E-state index is 12.0. The van der Waals surface area contributed by atoms with Crippen LogP contribution in [0.5, 0.6) is 0 Å². The SMILES string of the molecule is CCN(C)CC(C)C(=O)NCc1ccc2sccc2c1. The second-order valence-corrected chi connectivity index (χ2v) is 6.21. The van der Waals surface area contributed by atoms with Gasteiger partial charge in [-0.1, -0.05) is 19.9 Å². The van der Waals surface area contributed by atoms with Gasteiger partial charge in [-0.05, 0) is 48.1 Å². The summed E-state index contributed by atoms with van der Waals surface area (Å²) in [6.07, 6.45) is 0. The normalized spacial score (nSPS) is 12.8. The van der Waals surface area contributed by atoms with Crippen molar-refractivity contribution in [3.05, 3.63) is 35.2 Å². The van der Waals surface area contributed by atoms with Gasteiger partial charge in [0.2, 0.25) is 5.91 Å². The molecule has 1 atom stereocenters. The van der Waals surface area contributed by atoms with Crippen molar-refractivity contribution in [1.82, 2.24) is 10.2 Å². The molecule has 0 aliphatic heterocycles. The number of thiophene rings is 1. The maximum Gasteiger partial charge on any atom is 0.224 e. The molecule has 108 valence electrons. The smallest absolute Gasteiger partial charge is 0.224 e. The highest BCUT2D eigenvalue weighted by atomic mass is 32.1. The number of benzene rings is 1. The number of nitrogens with zero attached hydrogens (tertiary/aromatic N) is 1. The van der Waals surface area contributed by atoms with Crippen molar-refractivity contribution in [3.63, 3.8) is 0 Å². The molecule has 1 N–H and O–H groups in total. The zero-order valence-corrected chi connectivity index (χ0v) is 13.2. The molecule has 4 heteroatoms. The quantitative estimate of drug-likeness (QED) is 0.886. The summed E-state index contributed by atoms with van der Waals surface area (Å²) in [7, 11) is 2.04. The second-order valence-electron chi connectivity index (χ2n) is 5.27. The molecule has 0 aliphatic rings. The van der Waals surface area contributed by atoms with E-state index in [-0.39, 0.29) is 11.8 Å². The number of carbonyl (C=O) groups excluding carboxylic acids is 1. The van der Waals surface area contributed by atoms with Gasteiger partial charge in [-0.3, -0.25) is 4.79 Å². The fourth-order valence-corrected chi connectivity index (χ4v) is 2.94. The van der Waals surface area contributed by atoms with Crippen LogP contribution in [0.3, 0.4) is 0 Å². The molecule has 3 nitrogen and oxygen atoms in total. The number of rotatable bonds is 6. The maximum atomic E-state index is 12.0. The third kappa shape index (κ3) is 3.81. The highest BCUT2D eigenvalue weighted by molar-refractivity contribution is 7.17. The van der Waals surface area contributed by atoms with Gasteiger partial charge in [-0.25, -0.2) is 0 Å². The fourth-order valence-electron chi connectivity index (χ4n) is 2.17. The lowest BCUT2D eigenvalue weighted by molar-refractivity contribution is -0.125. The van der Waals surface area contributed by atoms with Crippen LogP contribution >= 0.6 is 11.3 Å². The Morgan fingerprint density at radius 3 is 2.95 bits per heavy atom. The Bertz CT molecular complexity index is 579. The van der Waals surface area contributed by atoms with E-state index in [0.29, 0.717) is 6.54 Å². The Labute approximate surface area is 124 Å². The van der Waals surface area contributed by atoms with Crippen LogP contribution in [-0.4, -0.2) is 30.9 Å². The summed E-state index contributed by atoms with van der Waals surface area (Å²) in [5.41, 5.74) is 1.15. The van der Waals surface area contributed by atoms with E-state index < -0.39 is 0 Å². The number of nitrogens with one attached hydrogen (secondary N) is 1. The minimum absolute atomic E-state index is 0.0184. The molecule has 0 bridgehead atoms. The third-order valence-electron chi connectivity index (χ3n) is 3.56. The van der Waals surface area contributed by atoms with Gasteiger partial charge in [0.1, 0.15) is 0 Å². The van der Waals surface area contributed by atoms with Gasteiger partial charge in [0, 0.05) is 23.7 Å². The highest BCUT2D eigenvalue weighted by Crippen LogP contribution is 2.21. The summed E-state index contributed by atoms with van der Waals surface area (Å²) >= 11 is 1.74. The molecule has 0 spiro atoms. The van der Waals surface area contributed by atoms with E-state index in [0.717, 1.165) is 18.7 Å². The Morgan fingerprint density at radius 1 is 1.40 bits per heavy atom. The van der Waals surface area contributed by atoms with Crippen LogP contribution in [0.25, 0.3) is 10.1 Å². The average molecular weight is 290 g/mol. The summed E-state index contributed by atoms with van der Waals surface area (Å²) < 4.78 is 1.29. The molecule has 1 heterocycles. The monoisotopic (exact) mass is 290 g/mol. The first-order valence-electron chi connectivity index (χ1n) is 7.02. The van der Waals surface area contributed by atoms with Crippen LogP contribution in [0.2, 0.25) is 0 Å². The van der Waals surface area contributed by atoms with Gasteiger partial charge in [-0.2, -0.15) is 0 Å². The molecule has 0 aliphatic carbocycles. The highest BCUT2D eigenvalue weighted by Gasteiger charge is 2.14. The Morgan fingerprint density at radius 2 is 2.20 bits per heavy atom. The van der Waals surface area contributed by atoms with E-state index in [1.807, 2.05) is 14.0 Å². The molecule has 1 unspecified atom stereocenters. The minimum Gasteiger partial charge on any atom is -0.352 e. The first kappa shape index (κ1) is 15.0. The number of carbonyl (C=O) groups is 1. The lowest BCUT2D eigenvalue weighted by Gasteiger charge is -2.19. The Balaban J connectivity index is 1.89. The minimum atomic E-state index is 0.0184. The summed E-state index contributed by atoms with van der Waals surface area (Å²) in [6, 6.07) is 8.47. The van der Waals surface area contributed by atoms with E-state index >= 15 is 0 Å². The van der Waals surface area contributed by atoms with Gasteiger partial charge < -0.3 is 10.2 Å². The number of fused-ring (bicyclic) bond motifs is 1. The average Bonchev–Trinajstić information content (AvgIpc) is 2.91. The van der Waals surface area contributed by atoms with E-state index in [1.165, 1.54) is 10.1 Å². The van der Waals surface area contributed by atoms with Gasteiger partial charge in [0.05, 0.1) is 0 Å². The topological polar surface area (TPSA) is 32.3 Å². The molecule has 0 saturated heterocycles. The first-order valence-corrected chi connectivity index (χ1v) is 7.90. The number of hydrogen-bond donors (Lipinski definition) is 1. The van der Waals surface area contributed by atoms with Crippen molar-refractivity contribution in [2.24, 2.45) is 5.92 Å². The lowest BCUT2D eigenvalue weighted by Crippen LogP contribution is -2.35. The van der Waals surface area contributed by atoms with Crippen LogP contribution in [0.15, 0.2) is 29.6 Å². The molecule has 0 saturated carbocycles. The van der Waals surface area contributed by atoms with Crippen molar-refractivity contribution < 1.29 is 4.79 Å². The van der Waals surface area contributed by atoms with Crippen molar-refractivity contribution >= 4 is 27.3 Å². The van der Waals surface area contributed by atoms with E-state index in [2.05, 4.69) is 46.8 Å². The molecule has 2 rings (SSSR count). The molecule has 20 heavy (non-hydrogen) atoms. The van der Waals surface area contributed by atoms with Crippen molar-refractivity contribution in [2.45, 2.75) is 20.4 Å². The fraction of sp³-hybridized carbons (Fsp3) is 0.438. The van der Waals surface area contributed by atoms with Crippen LogP contribution in [0, 0.1) is 5.92 Å². The van der Waals surface area contributed by atoms with Crippen LogP contribution in [-0.2, 0) is 11.3 Å². The summed E-state index contributed by atoms with van der Waals surface area (Å²) in [5, 5.41) is 6.37. The molecular weight excluding hydrogens is 268 g/mol. The van der Waals surface area contributed by atoms with Gasteiger partial charge in [-0.15, -0.1) is 11.3 Å². The Kier molecular flexibility index (Phi) is 5.15. The van der Waals surface area contributed by atoms with Gasteiger partial charge >= 0.3 is 0 Å². The molecule has 0 radical (unpaired) electrons. The number of hydrogen-bond acceptors (Lipinski definition) is 3. The molecule has 1 aromatic carbocycles. The largest absolute Gasteiger partial charge is 0.352 e. The first-order chi connectivity index (χ1) is 9.60. The molecule has 1 amide bonds. The van der Waals surface area contributed by atoms with E-state index in [1.54, 1.807) is 11.3 Å². The van der Waals surface area contributed by atoms with Gasteiger partial charge in [0.25, 0.3) is 0 Å². The zero-order valence-electron chi connectivity index (χ0n) is 12.3. The Hall–Kier alpha value is -1.39. The van der Waals surface area contributed by atoms with Crippen molar-refractivity contribution in [1.29, 1.82) is 0 Å². The van der Waals surface area contributed by atoms with Gasteiger partial charge in [0.15, 0.2) is 0 Å². The predicted molar refractivity (Wildman–Crippen MR) is 86.0 cm³/mol. The molecule has 2 aromatic rings. The van der Waals surface area contributed by atoms with Crippen molar-refractivity contribution in [3.8, 4) is 0 Å². The summed E-state index contributed by atoms with van der Waals surface area (Å²) in [4.78, 5) is 14.2. The summed E-state index contributed by atoms with van der Waals surface area (Å²) in [6.45, 7) is 6.44. The number of amides is 1. The van der Waals surface area contributed by atoms with E-state index in [9.17, 15) is 4.79 Å². The predicted octanol–water partition coefficient (Wildman–Crippen LogP) is 3.11. The lowest BCUT2D eigenvalue weighted by atomic mass is 10.1. The molecular formula is C16H22N2OS. The second kappa shape index (κ2) is 6.86. The molecule has 0 fully saturated rings. The third-order valence-corrected chi connectivity index (χ3v) is 4.45. The van der Waals surface area contributed by atoms with Crippen LogP contribution in [0.4, 0.5) is 0 Å². The van der Waals surface area contributed by atoms with Crippen molar-refractivity contribution in [2.75, 3.05) is 20.1 Å². The summed E-state index contributed by atoms with van der Waals surface area (Å²) in [5.74, 6) is 0.139. The standard InChI is InChI=1S/C16H22N2OS/c1-4-18(3)11-12(2)16(19)17-10-13-5-6-15-14(9-13)7-8-20-15/h5-9,12H,4,10-11H2,1-3H3,(H,17,19). The molecule has 1 aromatic heterocycles. The van der Waals surface area contributed by atoms with E-state index in [4.69, 9.17) is 0 Å². The zero-order chi connectivity index (χ0) is 14.5. The van der Waals surface area contributed by atoms with Crippen LogP contribution in [0.1, 0.15) is 19.4 Å².